The van der Waals surface area contributed by atoms with Crippen LogP contribution in [-0.2, 0) is 14.3 Å². The van der Waals surface area contributed by atoms with Crippen LogP contribution in [0, 0.1) is 5.92 Å². The second-order valence-corrected chi connectivity index (χ2v) is 4.27. The smallest absolute Gasteiger partial charge is 0.311 e. The average Bonchev–Trinajstić information content (AvgIpc) is 2.63. The first-order valence-electron chi connectivity index (χ1n) is 5.46. The maximum atomic E-state index is 11.3. The van der Waals surface area contributed by atoms with Gasteiger partial charge in [-0.2, -0.15) is 0 Å². The van der Waals surface area contributed by atoms with E-state index in [1.165, 1.54) is 7.11 Å². The third-order valence-corrected chi connectivity index (χ3v) is 2.88. The van der Waals surface area contributed by atoms with Crippen molar-refractivity contribution in [2.45, 2.75) is 51.4 Å². The number of carbonyl (C=O) groups is 1. The fourth-order valence-electron chi connectivity index (χ4n) is 1.99. The monoisotopic (exact) mass is 216 g/mol. The molecule has 1 N–H and O–H groups in total. The second-order valence-electron chi connectivity index (χ2n) is 4.27. The Hall–Kier alpha value is -0.610. The van der Waals surface area contributed by atoms with Crippen molar-refractivity contribution < 1.29 is 19.4 Å². The predicted molar refractivity (Wildman–Crippen MR) is 55.4 cm³/mol. The van der Waals surface area contributed by atoms with Crippen molar-refractivity contribution in [2.75, 3.05) is 7.11 Å². The van der Waals surface area contributed by atoms with Gasteiger partial charge in [0.1, 0.15) is 0 Å². The number of aliphatic hydroxyl groups is 1. The molecular weight excluding hydrogens is 196 g/mol. The van der Waals surface area contributed by atoms with E-state index in [2.05, 4.69) is 4.74 Å². The number of ether oxygens (including phenoxy) is 2. The third kappa shape index (κ3) is 3.47. The summed E-state index contributed by atoms with van der Waals surface area (Å²) in [6.45, 7) is 3.57. The van der Waals surface area contributed by atoms with Gasteiger partial charge in [-0.25, -0.2) is 0 Å². The van der Waals surface area contributed by atoms with Crippen LogP contribution in [0.15, 0.2) is 0 Å². The summed E-state index contributed by atoms with van der Waals surface area (Å²) in [6, 6.07) is 0. The number of hydrogen-bond donors (Lipinski definition) is 1. The van der Waals surface area contributed by atoms with Crippen LogP contribution in [0.5, 0.6) is 0 Å². The molecule has 0 saturated carbocycles. The van der Waals surface area contributed by atoms with Crippen molar-refractivity contribution in [1.82, 2.24) is 0 Å². The van der Waals surface area contributed by atoms with Gasteiger partial charge in [-0.15, -0.1) is 0 Å². The Labute approximate surface area is 90.6 Å². The molecule has 4 atom stereocenters. The zero-order chi connectivity index (χ0) is 11.4. The fraction of sp³-hybridized carbons (Fsp3) is 0.909. The lowest BCUT2D eigenvalue weighted by atomic mass is 10.0. The van der Waals surface area contributed by atoms with Crippen LogP contribution in [-0.4, -0.2) is 36.5 Å². The van der Waals surface area contributed by atoms with E-state index in [1.54, 1.807) is 6.92 Å². The minimum atomic E-state index is -0.345. The fourth-order valence-corrected chi connectivity index (χ4v) is 1.99. The third-order valence-electron chi connectivity index (χ3n) is 2.88. The molecule has 0 aliphatic carbocycles. The summed E-state index contributed by atoms with van der Waals surface area (Å²) in [7, 11) is 1.39. The lowest BCUT2D eigenvalue weighted by molar-refractivity contribution is -0.150. The Morgan fingerprint density at radius 1 is 1.53 bits per heavy atom. The molecule has 1 saturated heterocycles. The Balaban J connectivity index is 2.38. The molecule has 4 heteroatoms. The van der Waals surface area contributed by atoms with Crippen LogP contribution >= 0.6 is 0 Å². The van der Waals surface area contributed by atoms with Crippen molar-refractivity contribution in [3.8, 4) is 0 Å². The summed E-state index contributed by atoms with van der Waals surface area (Å²) in [5.74, 6) is -0.438. The highest BCUT2D eigenvalue weighted by molar-refractivity contribution is 5.72. The van der Waals surface area contributed by atoms with Gasteiger partial charge in [0, 0.05) is 0 Å². The largest absolute Gasteiger partial charge is 0.469 e. The normalized spacial score (nSPS) is 29.9. The van der Waals surface area contributed by atoms with Crippen LogP contribution in [0.4, 0.5) is 0 Å². The van der Waals surface area contributed by atoms with Gasteiger partial charge in [-0.3, -0.25) is 4.79 Å². The maximum absolute atomic E-state index is 11.3. The maximum Gasteiger partial charge on any atom is 0.311 e. The molecule has 1 aliphatic rings. The SMILES string of the molecule is COC(=O)C(C)C1CC[C@@H](C[C@H](C)O)O1. The molecule has 0 bridgehead atoms. The van der Waals surface area contributed by atoms with Gasteiger partial charge in [0.25, 0.3) is 0 Å². The minimum absolute atomic E-state index is 0.0544. The molecule has 0 aromatic carbocycles. The van der Waals surface area contributed by atoms with Crippen molar-refractivity contribution in [3.05, 3.63) is 0 Å². The number of rotatable bonds is 4. The first-order valence-corrected chi connectivity index (χ1v) is 5.46. The van der Waals surface area contributed by atoms with Crippen LogP contribution in [0.1, 0.15) is 33.1 Å². The number of hydrogen-bond acceptors (Lipinski definition) is 4. The molecule has 0 aromatic heterocycles. The molecule has 15 heavy (non-hydrogen) atoms. The summed E-state index contributed by atoms with van der Waals surface area (Å²) in [5.41, 5.74) is 0. The summed E-state index contributed by atoms with van der Waals surface area (Å²) in [6.07, 6.45) is 2.11. The van der Waals surface area contributed by atoms with Crippen LogP contribution in [0.2, 0.25) is 0 Å². The standard InChI is InChI=1S/C11H20O4/c1-7(12)6-9-4-5-10(15-9)8(2)11(13)14-3/h7-10,12H,4-6H2,1-3H3/t7-,8?,9-,10?/m0/s1. The minimum Gasteiger partial charge on any atom is -0.469 e. The number of aliphatic hydroxyl groups excluding tert-OH is 1. The molecule has 0 amide bonds. The molecule has 1 fully saturated rings. The highest BCUT2D eigenvalue weighted by Gasteiger charge is 2.33. The summed E-state index contributed by atoms with van der Waals surface area (Å²) in [5, 5.41) is 9.22. The topological polar surface area (TPSA) is 55.8 Å². The summed E-state index contributed by atoms with van der Waals surface area (Å²) < 4.78 is 10.4. The zero-order valence-corrected chi connectivity index (χ0v) is 9.60. The van der Waals surface area contributed by atoms with Crippen LogP contribution < -0.4 is 0 Å². The van der Waals surface area contributed by atoms with Gasteiger partial charge < -0.3 is 14.6 Å². The molecule has 0 radical (unpaired) electrons. The van der Waals surface area contributed by atoms with Crippen molar-refractivity contribution in [1.29, 1.82) is 0 Å². The van der Waals surface area contributed by atoms with Gasteiger partial charge in [-0.1, -0.05) is 0 Å². The first kappa shape index (κ1) is 12.5. The van der Waals surface area contributed by atoms with Gasteiger partial charge in [0.05, 0.1) is 31.3 Å². The predicted octanol–water partition coefficient (Wildman–Crippen LogP) is 1.11. The summed E-state index contributed by atoms with van der Waals surface area (Å²) >= 11 is 0. The zero-order valence-electron chi connectivity index (χ0n) is 9.60. The molecule has 4 nitrogen and oxygen atoms in total. The van der Waals surface area contributed by atoms with Crippen LogP contribution in [0.3, 0.4) is 0 Å². The highest BCUT2D eigenvalue weighted by Crippen LogP contribution is 2.28. The number of carbonyl (C=O) groups excluding carboxylic acids is 1. The van der Waals surface area contributed by atoms with Crippen molar-refractivity contribution >= 4 is 5.97 Å². The van der Waals surface area contributed by atoms with E-state index in [9.17, 15) is 9.90 Å². The Bertz CT molecular complexity index is 215. The molecular formula is C11H20O4. The van der Waals surface area contributed by atoms with Crippen LogP contribution in [0.25, 0.3) is 0 Å². The lowest BCUT2D eigenvalue weighted by Gasteiger charge is -2.18. The van der Waals surface area contributed by atoms with Gasteiger partial charge in [0.15, 0.2) is 0 Å². The summed E-state index contributed by atoms with van der Waals surface area (Å²) in [4.78, 5) is 11.3. The highest BCUT2D eigenvalue weighted by atomic mass is 16.5. The van der Waals surface area contributed by atoms with E-state index < -0.39 is 0 Å². The first-order chi connectivity index (χ1) is 7.04. The van der Waals surface area contributed by atoms with Gasteiger partial charge in [0.2, 0.25) is 0 Å². The van der Waals surface area contributed by atoms with E-state index in [0.717, 1.165) is 12.8 Å². The molecule has 1 rings (SSSR count). The Kier molecular flexibility index (Phi) is 4.54. The Morgan fingerprint density at radius 3 is 2.73 bits per heavy atom. The molecule has 0 aromatic rings. The lowest BCUT2D eigenvalue weighted by Crippen LogP contribution is -2.27. The molecule has 1 aliphatic heterocycles. The van der Waals surface area contributed by atoms with E-state index in [0.29, 0.717) is 6.42 Å². The molecule has 2 unspecified atom stereocenters. The van der Waals surface area contributed by atoms with E-state index in [-0.39, 0.29) is 30.2 Å². The van der Waals surface area contributed by atoms with Crippen molar-refractivity contribution in [3.63, 3.8) is 0 Å². The van der Waals surface area contributed by atoms with Crippen molar-refractivity contribution in [2.24, 2.45) is 5.92 Å². The number of esters is 1. The van der Waals surface area contributed by atoms with E-state index >= 15 is 0 Å². The van der Waals surface area contributed by atoms with E-state index in [4.69, 9.17) is 4.74 Å². The Morgan fingerprint density at radius 2 is 2.20 bits per heavy atom. The molecule has 0 spiro atoms. The van der Waals surface area contributed by atoms with Gasteiger partial charge >= 0.3 is 5.97 Å². The quantitative estimate of drug-likeness (QED) is 0.715. The average molecular weight is 216 g/mol. The number of methoxy groups -OCH3 is 1. The molecule has 88 valence electrons. The van der Waals surface area contributed by atoms with Gasteiger partial charge in [-0.05, 0) is 33.1 Å². The van der Waals surface area contributed by atoms with E-state index in [1.807, 2.05) is 6.92 Å². The second kappa shape index (κ2) is 5.47. The molecule has 1 heterocycles.